The van der Waals surface area contributed by atoms with Crippen LogP contribution in [0, 0.1) is 0 Å². The van der Waals surface area contributed by atoms with Crippen LogP contribution in [-0.4, -0.2) is 36.5 Å². The molecule has 0 saturated heterocycles. The maximum atomic E-state index is 11.2. The topological polar surface area (TPSA) is 92.3 Å². The van der Waals surface area contributed by atoms with Crippen molar-refractivity contribution in [2.75, 3.05) is 13.1 Å². The SMILES string of the molecule is CC(=O)CC(=O)NCCCCCCCCNC(=O)CC(C)=O. The van der Waals surface area contributed by atoms with E-state index in [-0.39, 0.29) is 36.2 Å². The number of Topliss-reactive ketones (excluding diaryl/α,β-unsaturated/α-hetero) is 2. The third kappa shape index (κ3) is 14.7. The number of carbonyl (C=O) groups is 4. The van der Waals surface area contributed by atoms with E-state index in [2.05, 4.69) is 10.6 Å². The highest BCUT2D eigenvalue weighted by Crippen LogP contribution is 2.04. The van der Waals surface area contributed by atoms with E-state index >= 15 is 0 Å². The van der Waals surface area contributed by atoms with Gasteiger partial charge in [0.2, 0.25) is 11.8 Å². The van der Waals surface area contributed by atoms with Crippen LogP contribution in [0.5, 0.6) is 0 Å². The molecule has 0 aliphatic carbocycles. The molecule has 0 heterocycles. The largest absolute Gasteiger partial charge is 0.356 e. The first-order valence-corrected chi connectivity index (χ1v) is 7.94. The van der Waals surface area contributed by atoms with E-state index in [1.54, 1.807) is 0 Å². The minimum Gasteiger partial charge on any atom is -0.356 e. The first kappa shape index (κ1) is 20.3. The van der Waals surface area contributed by atoms with Crippen LogP contribution in [0.3, 0.4) is 0 Å². The average molecular weight is 312 g/mol. The molecule has 0 rings (SSSR count). The number of hydrogen-bond donors (Lipinski definition) is 2. The quantitative estimate of drug-likeness (QED) is 0.398. The Labute approximate surface area is 132 Å². The second-order valence-corrected chi connectivity index (χ2v) is 5.58. The Kier molecular flexibility index (Phi) is 12.0. The second-order valence-electron chi connectivity index (χ2n) is 5.58. The molecule has 0 aliphatic heterocycles. The standard InChI is InChI=1S/C16H28N2O4/c1-13(19)11-15(21)17-9-7-5-3-4-6-8-10-18-16(22)12-14(2)20/h3-12H2,1-2H3,(H,17,21)(H,18,22). The fraction of sp³-hybridized carbons (Fsp3) is 0.750. The maximum Gasteiger partial charge on any atom is 0.227 e. The van der Waals surface area contributed by atoms with Crippen molar-refractivity contribution in [2.24, 2.45) is 0 Å². The Balaban J connectivity index is 3.27. The van der Waals surface area contributed by atoms with Crippen molar-refractivity contribution < 1.29 is 19.2 Å². The number of unbranched alkanes of at least 4 members (excludes halogenated alkanes) is 5. The summed E-state index contributed by atoms with van der Waals surface area (Å²) in [6.45, 7) is 4.05. The van der Waals surface area contributed by atoms with Crippen LogP contribution in [0.15, 0.2) is 0 Å². The molecule has 0 aromatic heterocycles. The number of carbonyl (C=O) groups excluding carboxylic acids is 4. The van der Waals surface area contributed by atoms with Gasteiger partial charge in [-0.2, -0.15) is 0 Å². The van der Waals surface area contributed by atoms with Crippen molar-refractivity contribution in [1.82, 2.24) is 10.6 Å². The summed E-state index contributed by atoms with van der Waals surface area (Å²) < 4.78 is 0. The van der Waals surface area contributed by atoms with Crippen LogP contribution in [-0.2, 0) is 19.2 Å². The Morgan fingerprint density at radius 3 is 1.23 bits per heavy atom. The summed E-state index contributed by atoms with van der Waals surface area (Å²) >= 11 is 0. The van der Waals surface area contributed by atoms with Crippen LogP contribution in [0.25, 0.3) is 0 Å². The molecular formula is C16H28N2O4. The first-order valence-electron chi connectivity index (χ1n) is 7.94. The molecule has 0 saturated carbocycles. The fourth-order valence-electron chi connectivity index (χ4n) is 1.99. The van der Waals surface area contributed by atoms with Crippen LogP contribution < -0.4 is 10.6 Å². The van der Waals surface area contributed by atoms with Gasteiger partial charge in [0, 0.05) is 13.1 Å². The van der Waals surface area contributed by atoms with Crippen molar-refractivity contribution >= 4 is 23.4 Å². The third-order valence-corrected chi connectivity index (χ3v) is 3.07. The van der Waals surface area contributed by atoms with Crippen molar-refractivity contribution in [1.29, 1.82) is 0 Å². The predicted molar refractivity (Wildman–Crippen MR) is 84.3 cm³/mol. The number of amides is 2. The molecule has 22 heavy (non-hydrogen) atoms. The summed E-state index contributed by atoms with van der Waals surface area (Å²) in [6.07, 6.45) is 6.02. The van der Waals surface area contributed by atoms with Gasteiger partial charge in [0.1, 0.15) is 11.6 Å². The van der Waals surface area contributed by atoms with E-state index in [0.717, 1.165) is 38.5 Å². The molecule has 6 nitrogen and oxygen atoms in total. The lowest BCUT2D eigenvalue weighted by Crippen LogP contribution is -2.26. The summed E-state index contributed by atoms with van der Waals surface area (Å²) in [5.74, 6) is -0.636. The Hall–Kier alpha value is -1.72. The molecule has 0 fully saturated rings. The molecule has 0 aliphatic rings. The van der Waals surface area contributed by atoms with Gasteiger partial charge in [-0.3, -0.25) is 19.2 Å². The lowest BCUT2D eigenvalue weighted by molar-refractivity contribution is -0.128. The van der Waals surface area contributed by atoms with E-state index in [9.17, 15) is 19.2 Å². The molecule has 0 aromatic rings. The molecule has 126 valence electrons. The van der Waals surface area contributed by atoms with Gasteiger partial charge in [-0.1, -0.05) is 25.7 Å². The Morgan fingerprint density at radius 2 is 0.909 bits per heavy atom. The van der Waals surface area contributed by atoms with Gasteiger partial charge in [-0.25, -0.2) is 0 Å². The summed E-state index contributed by atoms with van der Waals surface area (Å²) in [4.78, 5) is 43.8. The third-order valence-electron chi connectivity index (χ3n) is 3.07. The Morgan fingerprint density at radius 1 is 0.591 bits per heavy atom. The van der Waals surface area contributed by atoms with Crippen molar-refractivity contribution in [3.8, 4) is 0 Å². The molecule has 6 heteroatoms. The summed E-state index contributed by atoms with van der Waals surface area (Å²) in [7, 11) is 0. The molecule has 2 amide bonds. The van der Waals surface area contributed by atoms with Gasteiger partial charge >= 0.3 is 0 Å². The van der Waals surface area contributed by atoms with Crippen LogP contribution in [0.4, 0.5) is 0 Å². The van der Waals surface area contributed by atoms with E-state index in [1.165, 1.54) is 13.8 Å². The van der Waals surface area contributed by atoms with Gasteiger partial charge in [0.05, 0.1) is 12.8 Å². The van der Waals surface area contributed by atoms with E-state index in [0.29, 0.717) is 13.1 Å². The van der Waals surface area contributed by atoms with Gasteiger partial charge in [-0.05, 0) is 26.7 Å². The van der Waals surface area contributed by atoms with Gasteiger partial charge in [0.25, 0.3) is 0 Å². The molecule has 0 bridgehead atoms. The summed E-state index contributed by atoms with van der Waals surface area (Å²) in [5, 5.41) is 5.44. The molecular weight excluding hydrogens is 284 g/mol. The maximum absolute atomic E-state index is 11.2. The van der Waals surface area contributed by atoms with Gasteiger partial charge < -0.3 is 10.6 Å². The predicted octanol–water partition coefficient (Wildman–Crippen LogP) is 1.52. The van der Waals surface area contributed by atoms with Crippen LogP contribution >= 0.6 is 0 Å². The summed E-state index contributed by atoms with van der Waals surface area (Å²) in [5.41, 5.74) is 0. The fourth-order valence-corrected chi connectivity index (χ4v) is 1.99. The lowest BCUT2D eigenvalue weighted by atomic mass is 10.1. The molecule has 0 radical (unpaired) electrons. The number of ketones is 2. The normalized spacial score (nSPS) is 10.1. The van der Waals surface area contributed by atoms with E-state index < -0.39 is 0 Å². The number of hydrogen-bond acceptors (Lipinski definition) is 4. The minimum absolute atomic E-state index is 0.0324. The smallest absolute Gasteiger partial charge is 0.227 e. The van der Waals surface area contributed by atoms with Gasteiger partial charge in [-0.15, -0.1) is 0 Å². The number of nitrogens with one attached hydrogen (secondary N) is 2. The molecule has 2 N–H and O–H groups in total. The van der Waals surface area contributed by atoms with Crippen LogP contribution in [0.2, 0.25) is 0 Å². The zero-order valence-corrected chi connectivity index (χ0v) is 13.7. The highest BCUT2D eigenvalue weighted by atomic mass is 16.2. The highest BCUT2D eigenvalue weighted by molar-refractivity contribution is 5.97. The molecule has 0 spiro atoms. The second kappa shape index (κ2) is 13.0. The zero-order chi connectivity index (χ0) is 16.8. The zero-order valence-electron chi connectivity index (χ0n) is 13.7. The monoisotopic (exact) mass is 312 g/mol. The van der Waals surface area contributed by atoms with Crippen molar-refractivity contribution in [3.05, 3.63) is 0 Å². The van der Waals surface area contributed by atoms with Crippen molar-refractivity contribution in [2.45, 2.75) is 65.2 Å². The molecule has 0 atom stereocenters. The minimum atomic E-state index is -0.200. The first-order chi connectivity index (χ1) is 10.4. The average Bonchev–Trinajstić information content (AvgIpc) is 2.39. The molecule has 0 aromatic carbocycles. The van der Waals surface area contributed by atoms with Crippen LogP contribution in [0.1, 0.15) is 65.2 Å². The van der Waals surface area contributed by atoms with Crippen molar-refractivity contribution in [3.63, 3.8) is 0 Å². The van der Waals surface area contributed by atoms with E-state index in [4.69, 9.17) is 0 Å². The lowest BCUT2D eigenvalue weighted by Gasteiger charge is -2.05. The number of rotatable bonds is 13. The highest BCUT2D eigenvalue weighted by Gasteiger charge is 2.04. The summed E-state index contributed by atoms with van der Waals surface area (Å²) in [6, 6.07) is 0. The Bertz CT molecular complexity index is 344. The van der Waals surface area contributed by atoms with E-state index in [1.807, 2.05) is 0 Å². The molecule has 0 unspecified atom stereocenters. The van der Waals surface area contributed by atoms with Gasteiger partial charge in [0.15, 0.2) is 0 Å².